The molecular formula is C16H13N3. The highest BCUT2D eigenvalue weighted by Crippen LogP contribution is 2.15. The van der Waals surface area contributed by atoms with E-state index in [0.717, 1.165) is 11.3 Å². The fourth-order valence-electron chi connectivity index (χ4n) is 1.77. The standard InChI is InChI=1S/C16H13N3/c1-12-2-4-13(5-3-12)11-19-16-7-14(9-17)6-15(8-16)10-18/h2-8,19H,11H2,1H3. The molecule has 1 N–H and O–H groups in total. The molecule has 0 aliphatic heterocycles. The van der Waals surface area contributed by atoms with Gasteiger partial charge in [-0.1, -0.05) is 29.8 Å². The molecule has 0 saturated heterocycles. The van der Waals surface area contributed by atoms with Crippen LogP contribution in [0.25, 0.3) is 0 Å². The average molecular weight is 247 g/mol. The van der Waals surface area contributed by atoms with Gasteiger partial charge in [0, 0.05) is 12.2 Å². The average Bonchev–Trinajstić information content (AvgIpc) is 2.46. The van der Waals surface area contributed by atoms with Crippen LogP contribution in [0.1, 0.15) is 22.3 Å². The van der Waals surface area contributed by atoms with Crippen molar-refractivity contribution in [3.63, 3.8) is 0 Å². The molecular weight excluding hydrogens is 234 g/mol. The Bertz CT molecular complexity index is 626. The summed E-state index contributed by atoms with van der Waals surface area (Å²) >= 11 is 0. The van der Waals surface area contributed by atoms with Crippen LogP contribution in [0.15, 0.2) is 42.5 Å². The van der Waals surface area contributed by atoms with Crippen LogP contribution in [0, 0.1) is 29.6 Å². The summed E-state index contributed by atoms with van der Waals surface area (Å²) in [7, 11) is 0. The molecule has 2 rings (SSSR count). The number of rotatable bonds is 3. The fraction of sp³-hybridized carbons (Fsp3) is 0.125. The Kier molecular flexibility index (Phi) is 3.81. The number of nitrogens with zero attached hydrogens (tertiary/aromatic N) is 2. The highest BCUT2D eigenvalue weighted by atomic mass is 14.9. The van der Waals surface area contributed by atoms with Gasteiger partial charge in [0.05, 0.1) is 23.3 Å². The normalized spacial score (nSPS) is 9.42. The minimum Gasteiger partial charge on any atom is -0.381 e. The smallest absolute Gasteiger partial charge is 0.0992 e. The lowest BCUT2D eigenvalue weighted by molar-refractivity contribution is 1.14. The van der Waals surface area contributed by atoms with Crippen molar-refractivity contribution in [2.45, 2.75) is 13.5 Å². The summed E-state index contributed by atoms with van der Waals surface area (Å²) in [4.78, 5) is 0. The number of benzene rings is 2. The molecule has 0 unspecified atom stereocenters. The van der Waals surface area contributed by atoms with Crippen molar-refractivity contribution in [1.82, 2.24) is 0 Å². The van der Waals surface area contributed by atoms with Crippen LogP contribution in [0.2, 0.25) is 0 Å². The van der Waals surface area contributed by atoms with Crippen LogP contribution in [0.4, 0.5) is 5.69 Å². The maximum Gasteiger partial charge on any atom is 0.0992 e. The van der Waals surface area contributed by atoms with Crippen LogP contribution < -0.4 is 5.32 Å². The molecule has 0 aromatic heterocycles. The lowest BCUT2D eigenvalue weighted by Gasteiger charge is -2.07. The maximum absolute atomic E-state index is 8.91. The first-order valence-electron chi connectivity index (χ1n) is 5.96. The van der Waals surface area contributed by atoms with E-state index >= 15 is 0 Å². The monoisotopic (exact) mass is 247 g/mol. The van der Waals surface area contributed by atoms with Crippen LogP contribution >= 0.6 is 0 Å². The fourth-order valence-corrected chi connectivity index (χ4v) is 1.77. The van der Waals surface area contributed by atoms with Crippen molar-refractivity contribution in [3.8, 4) is 12.1 Å². The highest BCUT2D eigenvalue weighted by Gasteiger charge is 2.00. The molecule has 0 aliphatic carbocycles. The third kappa shape index (κ3) is 3.34. The molecule has 2 aromatic rings. The first-order chi connectivity index (χ1) is 9.21. The molecule has 19 heavy (non-hydrogen) atoms. The molecule has 0 saturated carbocycles. The summed E-state index contributed by atoms with van der Waals surface area (Å²) in [5.41, 5.74) is 4.15. The van der Waals surface area contributed by atoms with E-state index in [-0.39, 0.29) is 0 Å². The Morgan fingerprint density at radius 3 is 2.05 bits per heavy atom. The van der Waals surface area contributed by atoms with Crippen molar-refractivity contribution in [2.24, 2.45) is 0 Å². The van der Waals surface area contributed by atoms with Gasteiger partial charge in [0.25, 0.3) is 0 Å². The van der Waals surface area contributed by atoms with E-state index in [1.807, 2.05) is 6.92 Å². The second-order valence-electron chi connectivity index (χ2n) is 4.36. The zero-order valence-electron chi connectivity index (χ0n) is 10.6. The lowest BCUT2D eigenvalue weighted by Crippen LogP contribution is -2.00. The van der Waals surface area contributed by atoms with Gasteiger partial charge >= 0.3 is 0 Å². The number of hydrogen-bond acceptors (Lipinski definition) is 3. The van der Waals surface area contributed by atoms with E-state index in [9.17, 15) is 0 Å². The number of nitrogens with one attached hydrogen (secondary N) is 1. The number of hydrogen-bond donors (Lipinski definition) is 1. The van der Waals surface area contributed by atoms with Gasteiger partial charge in [-0.2, -0.15) is 10.5 Å². The highest BCUT2D eigenvalue weighted by molar-refractivity contribution is 5.55. The van der Waals surface area contributed by atoms with Gasteiger partial charge in [0.2, 0.25) is 0 Å². The summed E-state index contributed by atoms with van der Waals surface area (Å²) in [5, 5.41) is 21.0. The van der Waals surface area contributed by atoms with Crippen molar-refractivity contribution >= 4 is 5.69 Å². The molecule has 3 heteroatoms. The minimum atomic E-state index is 0.491. The molecule has 0 aliphatic rings. The predicted molar refractivity (Wildman–Crippen MR) is 74.4 cm³/mol. The van der Waals surface area contributed by atoms with Crippen molar-refractivity contribution in [1.29, 1.82) is 10.5 Å². The van der Waals surface area contributed by atoms with Gasteiger partial charge < -0.3 is 5.32 Å². The van der Waals surface area contributed by atoms with Gasteiger partial charge in [-0.15, -0.1) is 0 Å². The number of nitriles is 2. The molecule has 2 aromatic carbocycles. The SMILES string of the molecule is Cc1ccc(CNc2cc(C#N)cc(C#N)c2)cc1. The van der Waals surface area contributed by atoms with Crippen LogP contribution in [-0.4, -0.2) is 0 Å². The molecule has 0 amide bonds. The summed E-state index contributed by atoms with van der Waals surface area (Å²) in [6.45, 7) is 2.72. The van der Waals surface area contributed by atoms with Gasteiger partial charge in [-0.25, -0.2) is 0 Å². The minimum absolute atomic E-state index is 0.491. The van der Waals surface area contributed by atoms with E-state index in [2.05, 4.69) is 41.7 Å². The second kappa shape index (κ2) is 5.71. The van der Waals surface area contributed by atoms with E-state index in [1.165, 1.54) is 5.56 Å². The molecule has 0 fully saturated rings. The van der Waals surface area contributed by atoms with Crippen molar-refractivity contribution in [3.05, 3.63) is 64.7 Å². The molecule has 0 spiro atoms. The Hall–Kier alpha value is -2.78. The molecule has 0 radical (unpaired) electrons. The molecule has 3 nitrogen and oxygen atoms in total. The largest absolute Gasteiger partial charge is 0.381 e. The van der Waals surface area contributed by atoms with E-state index < -0.39 is 0 Å². The van der Waals surface area contributed by atoms with Crippen molar-refractivity contribution in [2.75, 3.05) is 5.32 Å². The quantitative estimate of drug-likeness (QED) is 0.904. The number of anilines is 1. The maximum atomic E-state index is 8.91. The first kappa shape index (κ1) is 12.7. The summed E-state index contributed by atoms with van der Waals surface area (Å²) in [5.74, 6) is 0. The van der Waals surface area contributed by atoms with E-state index in [4.69, 9.17) is 10.5 Å². The zero-order valence-corrected chi connectivity index (χ0v) is 10.6. The van der Waals surface area contributed by atoms with E-state index in [0.29, 0.717) is 17.7 Å². The summed E-state index contributed by atoms with van der Waals surface area (Å²) < 4.78 is 0. The second-order valence-corrected chi connectivity index (χ2v) is 4.36. The predicted octanol–water partition coefficient (Wildman–Crippen LogP) is 3.35. The van der Waals surface area contributed by atoms with Gasteiger partial charge in [-0.05, 0) is 30.7 Å². The Morgan fingerprint density at radius 1 is 0.947 bits per heavy atom. The van der Waals surface area contributed by atoms with Gasteiger partial charge in [0.15, 0.2) is 0 Å². The molecule has 0 bridgehead atoms. The molecule has 0 heterocycles. The van der Waals surface area contributed by atoms with Crippen LogP contribution in [-0.2, 0) is 6.54 Å². The zero-order chi connectivity index (χ0) is 13.7. The third-order valence-electron chi connectivity index (χ3n) is 2.81. The first-order valence-corrected chi connectivity index (χ1v) is 5.96. The number of aryl methyl sites for hydroxylation is 1. The van der Waals surface area contributed by atoms with Crippen LogP contribution in [0.3, 0.4) is 0 Å². The Balaban J connectivity index is 2.13. The topological polar surface area (TPSA) is 59.6 Å². The Morgan fingerprint density at radius 2 is 1.53 bits per heavy atom. The van der Waals surface area contributed by atoms with E-state index in [1.54, 1.807) is 18.2 Å². The van der Waals surface area contributed by atoms with Gasteiger partial charge in [0.1, 0.15) is 0 Å². The summed E-state index contributed by atoms with van der Waals surface area (Å²) in [6, 6.07) is 17.4. The Labute approximate surface area is 112 Å². The third-order valence-corrected chi connectivity index (χ3v) is 2.81. The summed E-state index contributed by atoms with van der Waals surface area (Å²) in [6.07, 6.45) is 0. The molecule has 92 valence electrons. The lowest BCUT2D eigenvalue weighted by atomic mass is 10.1. The van der Waals surface area contributed by atoms with Crippen molar-refractivity contribution < 1.29 is 0 Å². The van der Waals surface area contributed by atoms with Gasteiger partial charge in [-0.3, -0.25) is 0 Å². The van der Waals surface area contributed by atoms with Crippen LogP contribution in [0.5, 0.6) is 0 Å². The molecule has 0 atom stereocenters.